The van der Waals surface area contributed by atoms with Crippen LogP contribution in [-0.4, -0.2) is 30.1 Å². The van der Waals surface area contributed by atoms with Gasteiger partial charge in [0.25, 0.3) is 0 Å². The minimum absolute atomic E-state index is 0.0942. The Morgan fingerprint density at radius 1 is 1.00 bits per heavy atom. The van der Waals surface area contributed by atoms with Gasteiger partial charge >= 0.3 is 0 Å². The van der Waals surface area contributed by atoms with Gasteiger partial charge in [-0.3, -0.25) is 14.4 Å². The monoisotopic (exact) mass is 446 g/mol. The van der Waals surface area contributed by atoms with E-state index in [2.05, 4.69) is 5.32 Å². The molecular weight excluding hydrogens is 424 g/mol. The third-order valence-corrected chi connectivity index (χ3v) is 6.26. The Bertz CT molecular complexity index is 1110. The van der Waals surface area contributed by atoms with Crippen molar-refractivity contribution in [2.75, 3.05) is 17.3 Å². The van der Waals surface area contributed by atoms with Crippen LogP contribution in [0.4, 0.5) is 11.4 Å². The Kier molecular flexibility index (Phi) is 6.56. The van der Waals surface area contributed by atoms with E-state index in [1.807, 2.05) is 42.5 Å². The first-order chi connectivity index (χ1) is 15.5. The van der Waals surface area contributed by atoms with E-state index in [0.717, 1.165) is 10.5 Å². The van der Waals surface area contributed by atoms with Gasteiger partial charge < -0.3 is 10.1 Å². The van der Waals surface area contributed by atoms with Crippen molar-refractivity contribution in [2.24, 2.45) is 0 Å². The van der Waals surface area contributed by atoms with Crippen molar-refractivity contribution in [3.05, 3.63) is 84.4 Å². The third kappa shape index (κ3) is 5.00. The molecule has 6 nitrogen and oxygen atoms in total. The number of carbonyl (C=O) groups is 3. The molecule has 3 aromatic carbocycles. The number of thioether (sulfide) groups is 1. The summed E-state index contributed by atoms with van der Waals surface area (Å²) in [6.07, 6.45) is 0.447. The normalized spacial score (nSPS) is 15.7. The maximum atomic E-state index is 12.9. The van der Waals surface area contributed by atoms with Gasteiger partial charge in [-0.1, -0.05) is 30.3 Å². The number of ether oxygens (including phenoxy) is 1. The smallest absolute Gasteiger partial charge is 0.247 e. The molecule has 4 rings (SSSR count). The first-order valence-corrected chi connectivity index (χ1v) is 11.0. The molecule has 0 aromatic heterocycles. The second-order valence-corrected chi connectivity index (χ2v) is 8.59. The fourth-order valence-corrected chi connectivity index (χ4v) is 4.52. The largest absolute Gasteiger partial charge is 0.497 e. The molecule has 3 aromatic rings. The fraction of sp³-hybridized carbons (Fsp3) is 0.160. The van der Waals surface area contributed by atoms with E-state index < -0.39 is 5.25 Å². The summed E-state index contributed by atoms with van der Waals surface area (Å²) in [6, 6.07) is 23.7. The van der Waals surface area contributed by atoms with Gasteiger partial charge in [-0.05, 0) is 54.1 Å². The Balaban J connectivity index is 1.36. The highest BCUT2D eigenvalue weighted by Crippen LogP contribution is 2.34. The van der Waals surface area contributed by atoms with E-state index >= 15 is 0 Å². The first kappa shape index (κ1) is 21.6. The van der Waals surface area contributed by atoms with Crippen molar-refractivity contribution in [2.45, 2.75) is 23.0 Å². The number of amides is 3. The molecule has 7 heteroatoms. The van der Waals surface area contributed by atoms with Crippen molar-refractivity contribution in [1.82, 2.24) is 0 Å². The summed E-state index contributed by atoms with van der Waals surface area (Å²) in [7, 11) is 1.56. The van der Waals surface area contributed by atoms with Crippen LogP contribution < -0.4 is 15.0 Å². The fourth-order valence-electron chi connectivity index (χ4n) is 3.47. The molecule has 1 fully saturated rings. The second kappa shape index (κ2) is 9.70. The van der Waals surface area contributed by atoms with E-state index in [1.54, 1.807) is 43.5 Å². The van der Waals surface area contributed by atoms with Gasteiger partial charge in [-0.2, -0.15) is 0 Å². The molecule has 1 N–H and O–H groups in total. The van der Waals surface area contributed by atoms with Crippen molar-refractivity contribution in [1.29, 1.82) is 0 Å². The third-order valence-electron chi connectivity index (χ3n) is 5.06. The summed E-state index contributed by atoms with van der Waals surface area (Å²) in [5, 5.41) is 2.39. The Labute approximate surface area is 190 Å². The molecule has 1 aliphatic rings. The summed E-state index contributed by atoms with van der Waals surface area (Å²) in [5.41, 5.74) is 2.17. The highest BCUT2D eigenvalue weighted by molar-refractivity contribution is 8.00. The molecule has 1 atom stereocenters. The van der Waals surface area contributed by atoms with Crippen molar-refractivity contribution < 1.29 is 19.1 Å². The van der Waals surface area contributed by atoms with Crippen molar-refractivity contribution >= 4 is 40.9 Å². The maximum Gasteiger partial charge on any atom is 0.247 e. The predicted octanol–water partition coefficient (Wildman–Crippen LogP) is 4.30. The Hall–Kier alpha value is -3.58. The lowest BCUT2D eigenvalue weighted by Gasteiger charge is -2.15. The first-order valence-electron chi connectivity index (χ1n) is 10.1. The molecule has 3 amide bonds. The summed E-state index contributed by atoms with van der Waals surface area (Å²) in [4.78, 5) is 39.6. The molecule has 0 bridgehead atoms. The summed E-state index contributed by atoms with van der Waals surface area (Å²) in [6.45, 7) is 0. The molecule has 1 unspecified atom stereocenters. The molecule has 0 radical (unpaired) electrons. The molecule has 1 heterocycles. The van der Waals surface area contributed by atoms with Crippen LogP contribution in [0, 0.1) is 0 Å². The molecule has 0 saturated carbocycles. The van der Waals surface area contributed by atoms with Gasteiger partial charge in [-0.15, -0.1) is 11.8 Å². The molecule has 1 aliphatic heterocycles. The molecule has 0 aliphatic carbocycles. The number of methoxy groups -OCH3 is 1. The topological polar surface area (TPSA) is 75.7 Å². The van der Waals surface area contributed by atoms with Gasteiger partial charge in [0.1, 0.15) is 5.75 Å². The van der Waals surface area contributed by atoms with E-state index in [-0.39, 0.29) is 24.1 Å². The zero-order valence-corrected chi connectivity index (χ0v) is 18.3. The van der Waals surface area contributed by atoms with Gasteiger partial charge in [-0.25, -0.2) is 4.90 Å². The number of nitrogens with zero attached hydrogens (tertiary/aromatic N) is 1. The van der Waals surface area contributed by atoms with Crippen LogP contribution in [0.25, 0.3) is 0 Å². The van der Waals surface area contributed by atoms with E-state index in [1.165, 1.54) is 16.7 Å². The summed E-state index contributed by atoms with van der Waals surface area (Å²) >= 11 is 1.35. The molecule has 1 saturated heterocycles. The molecule has 162 valence electrons. The number of hydrogen-bond donors (Lipinski definition) is 1. The minimum Gasteiger partial charge on any atom is -0.497 e. The zero-order chi connectivity index (χ0) is 22.5. The van der Waals surface area contributed by atoms with Gasteiger partial charge in [0, 0.05) is 17.0 Å². The van der Waals surface area contributed by atoms with Gasteiger partial charge in [0.2, 0.25) is 17.7 Å². The Morgan fingerprint density at radius 2 is 1.69 bits per heavy atom. The number of rotatable bonds is 7. The predicted molar refractivity (Wildman–Crippen MR) is 125 cm³/mol. The van der Waals surface area contributed by atoms with E-state index in [9.17, 15) is 14.4 Å². The molecule has 32 heavy (non-hydrogen) atoms. The number of carbonyl (C=O) groups excluding carboxylic acids is 3. The summed E-state index contributed by atoms with van der Waals surface area (Å²) < 4.78 is 5.13. The highest BCUT2D eigenvalue weighted by atomic mass is 32.2. The van der Waals surface area contributed by atoms with Crippen molar-refractivity contribution in [3.8, 4) is 5.75 Å². The van der Waals surface area contributed by atoms with Crippen LogP contribution in [0.15, 0.2) is 83.8 Å². The average molecular weight is 447 g/mol. The lowest BCUT2D eigenvalue weighted by molar-refractivity contribution is -0.121. The number of anilines is 2. The van der Waals surface area contributed by atoms with Crippen LogP contribution in [-0.2, 0) is 20.8 Å². The average Bonchev–Trinajstić information content (AvgIpc) is 3.08. The van der Waals surface area contributed by atoms with Crippen molar-refractivity contribution in [3.63, 3.8) is 0 Å². The van der Waals surface area contributed by atoms with E-state index in [4.69, 9.17) is 4.74 Å². The maximum absolute atomic E-state index is 12.9. The SMILES string of the molecule is COc1ccc(N2C(=O)CC(Sc3ccc(NC(=O)Cc4ccccc4)cc3)C2=O)cc1. The lowest BCUT2D eigenvalue weighted by atomic mass is 10.1. The minimum atomic E-state index is -0.483. The van der Waals surface area contributed by atoms with Crippen LogP contribution >= 0.6 is 11.8 Å². The Morgan fingerprint density at radius 3 is 2.34 bits per heavy atom. The number of nitrogens with one attached hydrogen (secondary N) is 1. The number of benzene rings is 3. The quantitative estimate of drug-likeness (QED) is 0.548. The molecule has 0 spiro atoms. The number of hydrogen-bond acceptors (Lipinski definition) is 5. The number of imide groups is 1. The van der Waals surface area contributed by atoms with Crippen LogP contribution in [0.2, 0.25) is 0 Å². The van der Waals surface area contributed by atoms with E-state index in [0.29, 0.717) is 23.5 Å². The van der Waals surface area contributed by atoms with Crippen LogP contribution in [0.3, 0.4) is 0 Å². The zero-order valence-electron chi connectivity index (χ0n) is 17.5. The summed E-state index contributed by atoms with van der Waals surface area (Å²) in [5.74, 6) is 0.117. The highest BCUT2D eigenvalue weighted by Gasteiger charge is 2.40. The van der Waals surface area contributed by atoms with Gasteiger partial charge in [0.15, 0.2) is 0 Å². The second-order valence-electron chi connectivity index (χ2n) is 7.31. The molecular formula is C25H22N2O4S. The standard InChI is InChI=1S/C25H22N2O4S/c1-31-20-11-9-19(10-12-20)27-24(29)16-22(25(27)30)32-21-13-7-18(8-14-21)26-23(28)15-17-5-3-2-4-6-17/h2-14,22H,15-16H2,1H3,(H,26,28). The lowest BCUT2D eigenvalue weighted by Crippen LogP contribution is -2.31. The van der Waals surface area contributed by atoms with Crippen LogP contribution in [0.5, 0.6) is 5.75 Å². The van der Waals surface area contributed by atoms with Gasteiger partial charge in [0.05, 0.1) is 24.5 Å². The van der Waals surface area contributed by atoms with Crippen LogP contribution in [0.1, 0.15) is 12.0 Å².